The number of hydrogen-bond acceptors (Lipinski definition) is 3. The number of anilines is 2. The lowest BCUT2D eigenvalue weighted by atomic mass is 10.2. The topological polar surface area (TPSA) is 47.1 Å². The first kappa shape index (κ1) is 10.3. The highest BCUT2D eigenvalue weighted by Gasteiger charge is 2.15. The zero-order valence-corrected chi connectivity index (χ0v) is 9.45. The van der Waals surface area contributed by atoms with Crippen molar-refractivity contribution in [2.75, 3.05) is 23.7 Å². The van der Waals surface area contributed by atoms with Crippen molar-refractivity contribution in [1.29, 1.82) is 0 Å². The SMILES string of the molecule is CCn1c(N)cnc1N1CCCCCC1. The highest BCUT2D eigenvalue weighted by atomic mass is 15.3. The Bertz CT molecular complexity index is 310. The minimum Gasteiger partial charge on any atom is -0.384 e. The van der Waals surface area contributed by atoms with Gasteiger partial charge >= 0.3 is 0 Å². The fourth-order valence-corrected chi connectivity index (χ4v) is 2.23. The Balaban J connectivity index is 2.19. The van der Waals surface area contributed by atoms with Crippen LogP contribution in [0.2, 0.25) is 0 Å². The molecular weight excluding hydrogens is 188 g/mol. The molecule has 1 aromatic heterocycles. The summed E-state index contributed by atoms with van der Waals surface area (Å²) in [5.41, 5.74) is 5.87. The first-order valence-electron chi connectivity index (χ1n) is 5.89. The van der Waals surface area contributed by atoms with Crippen LogP contribution in [0.3, 0.4) is 0 Å². The van der Waals surface area contributed by atoms with Crippen molar-refractivity contribution in [2.45, 2.75) is 39.2 Å². The van der Waals surface area contributed by atoms with E-state index < -0.39 is 0 Å². The summed E-state index contributed by atoms with van der Waals surface area (Å²) < 4.78 is 2.09. The van der Waals surface area contributed by atoms with Crippen LogP contribution in [0, 0.1) is 0 Å². The maximum absolute atomic E-state index is 5.87. The molecule has 1 aromatic rings. The standard InChI is InChI=1S/C11H20N4/c1-2-15-10(12)9-13-11(15)14-7-5-3-4-6-8-14/h9H,2-8,12H2,1H3. The predicted molar refractivity (Wildman–Crippen MR) is 63.0 cm³/mol. The van der Waals surface area contributed by atoms with Crippen LogP contribution in [0.4, 0.5) is 11.8 Å². The van der Waals surface area contributed by atoms with Gasteiger partial charge in [0.2, 0.25) is 5.95 Å². The molecule has 4 heteroatoms. The molecule has 0 amide bonds. The second-order valence-electron chi connectivity index (χ2n) is 4.13. The monoisotopic (exact) mass is 208 g/mol. The van der Waals surface area contributed by atoms with Gasteiger partial charge in [0.25, 0.3) is 0 Å². The van der Waals surface area contributed by atoms with Crippen LogP contribution in [0.1, 0.15) is 32.6 Å². The molecule has 0 aromatic carbocycles. The minimum atomic E-state index is 0.775. The molecule has 2 rings (SSSR count). The summed E-state index contributed by atoms with van der Waals surface area (Å²) in [6.45, 7) is 5.25. The summed E-state index contributed by atoms with van der Waals surface area (Å²) >= 11 is 0. The number of nitrogens with zero attached hydrogens (tertiary/aromatic N) is 3. The molecular formula is C11H20N4. The Morgan fingerprint density at radius 1 is 1.27 bits per heavy atom. The molecule has 0 spiro atoms. The average Bonchev–Trinajstić information content (AvgIpc) is 2.48. The summed E-state index contributed by atoms with van der Waals surface area (Å²) in [6, 6.07) is 0. The molecule has 4 nitrogen and oxygen atoms in total. The molecule has 1 fully saturated rings. The fraction of sp³-hybridized carbons (Fsp3) is 0.727. The molecule has 0 atom stereocenters. The van der Waals surface area contributed by atoms with Crippen molar-refractivity contribution in [3.8, 4) is 0 Å². The van der Waals surface area contributed by atoms with Gasteiger partial charge in [-0.25, -0.2) is 4.98 Å². The molecule has 15 heavy (non-hydrogen) atoms. The van der Waals surface area contributed by atoms with Gasteiger partial charge in [0.05, 0.1) is 6.20 Å². The number of hydrogen-bond donors (Lipinski definition) is 1. The molecule has 0 bridgehead atoms. The van der Waals surface area contributed by atoms with Gasteiger partial charge in [-0.3, -0.25) is 4.57 Å². The van der Waals surface area contributed by atoms with E-state index in [1.807, 2.05) is 0 Å². The Hall–Kier alpha value is -1.19. The zero-order chi connectivity index (χ0) is 10.7. The highest BCUT2D eigenvalue weighted by Crippen LogP contribution is 2.20. The van der Waals surface area contributed by atoms with Crippen molar-refractivity contribution < 1.29 is 0 Å². The van der Waals surface area contributed by atoms with E-state index in [9.17, 15) is 0 Å². The second-order valence-corrected chi connectivity index (χ2v) is 4.13. The molecule has 84 valence electrons. The number of nitrogens with two attached hydrogens (primary N) is 1. The van der Waals surface area contributed by atoms with E-state index in [1.54, 1.807) is 6.20 Å². The highest BCUT2D eigenvalue weighted by molar-refractivity contribution is 5.42. The summed E-state index contributed by atoms with van der Waals surface area (Å²) in [7, 11) is 0. The van der Waals surface area contributed by atoms with Gasteiger partial charge in [-0.05, 0) is 19.8 Å². The average molecular weight is 208 g/mol. The summed E-state index contributed by atoms with van der Waals surface area (Å²) in [5, 5.41) is 0. The summed E-state index contributed by atoms with van der Waals surface area (Å²) in [5.74, 6) is 1.83. The number of imidazole rings is 1. The van der Waals surface area contributed by atoms with Crippen molar-refractivity contribution in [3.63, 3.8) is 0 Å². The van der Waals surface area contributed by atoms with Crippen molar-refractivity contribution in [2.24, 2.45) is 0 Å². The first-order valence-corrected chi connectivity index (χ1v) is 5.89. The van der Waals surface area contributed by atoms with Gasteiger partial charge in [-0.15, -0.1) is 0 Å². The molecule has 0 unspecified atom stereocenters. The lowest BCUT2D eigenvalue weighted by molar-refractivity contribution is 0.696. The van der Waals surface area contributed by atoms with Gasteiger partial charge in [0.1, 0.15) is 5.82 Å². The Labute approximate surface area is 91.1 Å². The smallest absolute Gasteiger partial charge is 0.207 e. The maximum atomic E-state index is 5.87. The molecule has 0 saturated carbocycles. The fourth-order valence-electron chi connectivity index (χ4n) is 2.23. The molecule has 2 heterocycles. The molecule has 1 aliphatic heterocycles. The zero-order valence-electron chi connectivity index (χ0n) is 9.45. The summed E-state index contributed by atoms with van der Waals surface area (Å²) in [4.78, 5) is 6.78. The molecule has 0 radical (unpaired) electrons. The van der Waals surface area contributed by atoms with Gasteiger partial charge in [-0.1, -0.05) is 12.8 Å². The summed E-state index contributed by atoms with van der Waals surface area (Å²) in [6.07, 6.45) is 7.01. The van der Waals surface area contributed by atoms with E-state index in [-0.39, 0.29) is 0 Å². The predicted octanol–water partition coefficient (Wildman–Crippen LogP) is 1.87. The second kappa shape index (κ2) is 4.55. The van der Waals surface area contributed by atoms with E-state index >= 15 is 0 Å². The van der Waals surface area contributed by atoms with Crippen molar-refractivity contribution >= 4 is 11.8 Å². The number of nitrogen functional groups attached to an aromatic ring is 1. The Morgan fingerprint density at radius 2 is 1.93 bits per heavy atom. The quantitative estimate of drug-likeness (QED) is 0.807. The number of aromatic nitrogens is 2. The third-order valence-corrected chi connectivity index (χ3v) is 3.07. The lowest BCUT2D eigenvalue weighted by Crippen LogP contribution is -2.27. The van der Waals surface area contributed by atoms with Gasteiger partial charge in [0, 0.05) is 19.6 Å². The van der Waals surface area contributed by atoms with Crippen LogP contribution in [0.5, 0.6) is 0 Å². The largest absolute Gasteiger partial charge is 0.384 e. The van der Waals surface area contributed by atoms with Crippen LogP contribution in [-0.2, 0) is 6.54 Å². The normalized spacial score (nSPS) is 17.8. The third kappa shape index (κ3) is 2.08. The minimum absolute atomic E-state index is 0.775. The molecule has 0 aliphatic carbocycles. The van der Waals surface area contributed by atoms with Crippen LogP contribution in [-0.4, -0.2) is 22.6 Å². The maximum Gasteiger partial charge on any atom is 0.207 e. The van der Waals surface area contributed by atoms with Gasteiger partial charge in [0.15, 0.2) is 0 Å². The first-order chi connectivity index (χ1) is 7.33. The Kier molecular flexibility index (Phi) is 3.14. The third-order valence-electron chi connectivity index (χ3n) is 3.07. The van der Waals surface area contributed by atoms with Crippen LogP contribution in [0.25, 0.3) is 0 Å². The van der Waals surface area contributed by atoms with E-state index in [0.29, 0.717) is 0 Å². The Morgan fingerprint density at radius 3 is 2.53 bits per heavy atom. The van der Waals surface area contributed by atoms with Crippen LogP contribution < -0.4 is 10.6 Å². The van der Waals surface area contributed by atoms with E-state index in [0.717, 1.165) is 31.4 Å². The molecule has 2 N–H and O–H groups in total. The van der Waals surface area contributed by atoms with Gasteiger partial charge in [-0.2, -0.15) is 0 Å². The lowest BCUT2D eigenvalue weighted by Gasteiger charge is -2.22. The number of rotatable bonds is 2. The van der Waals surface area contributed by atoms with Crippen molar-refractivity contribution in [3.05, 3.63) is 6.20 Å². The van der Waals surface area contributed by atoms with E-state index in [1.165, 1.54) is 25.7 Å². The van der Waals surface area contributed by atoms with E-state index in [4.69, 9.17) is 5.73 Å². The molecule has 1 aliphatic rings. The van der Waals surface area contributed by atoms with E-state index in [2.05, 4.69) is 21.4 Å². The van der Waals surface area contributed by atoms with Crippen molar-refractivity contribution in [1.82, 2.24) is 9.55 Å². The molecule has 1 saturated heterocycles. The van der Waals surface area contributed by atoms with Crippen LogP contribution in [0.15, 0.2) is 6.20 Å². The van der Waals surface area contributed by atoms with Gasteiger partial charge < -0.3 is 10.6 Å². The van der Waals surface area contributed by atoms with Crippen LogP contribution >= 0.6 is 0 Å².